The second-order valence-corrected chi connectivity index (χ2v) is 8.23. The van der Waals surface area contributed by atoms with E-state index >= 15 is 0 Å². The maximum absolute atomic E-state index is 12.8. The first-order valence-electron chi connectivity index (χ1n) is 11.4. The molecule has 184 valence electrons. The van der Waals surface area contributed by atoms with Crippen molar-refractivity contribution in [1.29, 1.82) is 0 Å². The Kier molecular flexibility index (Phi) is 7.60. The lowest BCUT2D eigenvalue weighted by molar-refractivity contribution is -0.384. The minimum atomic E-state index is -0.475. The molecular formula is C27H26N4O5. The molecule has 0 atom stereocenters. The topological polar surface area (TPSA) is 105 Å². The summed E-state index contributed by atoms with van der Waals surface area (Å²) in [6.45, 7) is 2.65. The van der Waals surface area contributed by atoms with Crippen LogP contribution < -0.4 is 15.0 Å². The van der Waals surface area contributed by atoms with Crippen molar-refractivity contribution in [3.63, 3.8) is 0 Å². The summed E-state index contributed by atoms with van der Waals surface area (Å²) < 4.78 is 5.15. The van der Waals surface area contributed by atoms with Crippen molar-refractivity contribution in [1.82, 2.24) is 4.90 Å². The maximum atomic E-state index is 12.8. The molecule has 2 amide bonds. The van der Waals surface area contributed by atoms with Gasteiger partial charge in [0.25, 0.3) is 11.6 Å². The van der Waals surface area contributed by atoms with Crippen LogP contribution in [-0.2, 0) is 4.79 Å². The summed E-state index contributed by atoms with van der Waals surface area (Å²) in [7, 11) is 1.59. The van der Waals surface area contributed by atoms with Gasteiger partial charge in [-0.25, -0.2) is 0 Å². The molecule has 9 nitrogen and oxygen atoms in total. The minimum Gasteiger partial charge on any atom is -0.497 e. The number of piperazine rings is 1. The minimum absolute atomic E-state index is 0.00789. The molecule has 1 N–H and O–H groups in total. The molecule has 1 heterocycles. The molecule has 4 rings (SSSR count). The van der Waals surface area contributed by atoms with Gasteiger partial charge >= 0.3 is 0 Å². The van der Waals surface area contributed by atoms with Crippen LogP contribution in [0.5, 0.6) is 5.75 Å². The van der Waals surface area contributed by atoms with E-state index in [4.69, 9.17) is 4.74 Å². The third kappa shape index (κ3) is 6.06. The fourth-order valence-corrected chi connectivity index (χ4v) is 3.94. The lowest BCUT2D eigenvalue weighted by Gasteiger charge is -2.36. The van der Waals surface area contributed by atoms with E-state index in [0.29, 0.717) is 43.0 Å². The van der Waals surface area contributed by atoms with Crippen LogP contribution in [0.25, 0.3) is 6.08 Å². The number of nitro benzene ring substituents is 1. The van der Waals surface area contributed by atoms with E-state index in [1.165, 1.54) is 24.3 Å². The average Bonchev–Trinajstić information content (AvgIpc) is 2.92. The largest absolute Gasteiger partial charge is 0.497 e. The summed E-state index contributed by atoms with van der Waals surface area (Å²) in [6, 6.07) is 20.7. The molecule has 9 heteroatoms. The second kappa shape index (κ2) is 11.2. The first kappa shape index (κ1) is 24.5. The normalized spacial score (nSPS) is 13.5. The lowest BCUT2D eigenvalue weighted by atomic mass is 10.1. The number of nitro groups is 1. The standard InChI is InChI=1S/C27H26N4O5/c1-36-25-12-6-21(7-13-25)27(33)30-17-15-29(16-18-30)23-10-8-22(9-11-23)28-26(32)14-5-20-3-2-4-24(19-20)31(34)35/h2-14,19H,15-18H2,1H3,(H,28,32)/b14-5+. The van der Waals surface area contributed by atoms with E-state index in [1.807, 2.05) is 29.2 Å². The van der Waals surface area contributed by atoms with Gasteiger partial charge in [-0.15, -0.1) is 0 Å². The van der Waals surface area contributed by atoms with Gasteiger partial charge in [0.15, 0.2) is 0 Å². The summed E-state index contributed by atoms with van der Waals surface area (Å²) in [4.78, 5) is 39.5. The van der Waals surface area contributed by atoms with Gasteiger partial charge in [0.2, 0.25) is 5.91 Å². The molecule has 0 bridgehead atoms. The summed E-state index contributed by atoms with van der Waals surface area (Å²) >= 11 is 0. The number of benzene rings is 3. The van der Waals surface area contributed by atoms with Crippen molar-refractivity contribution in [3.8, 4) is 5.75 Å². The van der Waals surface area contributed by atoms with Crippen LogP contribution in [0.15, 0.2) is 78.9 Å². The van der Waals surface area contributed by atoms with Crippen molar-refractivity contribution >= 4 is 35.0 Å². The number of carbonyl (C=O) groups is 2. The van der Waals surface area contributed by atoms with Crippen LogP contribution in [0, 0.1) is 10.1 Å². The fraction of sp³-hybridized carbons (Fsp3) is 0.185. The first-order valence-corrected chi connectivity index (χ1v) is 11.4. The molecule has 0 aromatic heterocycles. The van der Waals surface area contributed by atoms with Gasteiger partial charge in [-0.3, -0.25) is 19.7 Å². The quantitative estimate of drug-likeness (QED) is 0.305. The van der Waals surface area contributed by atoms with E-state index in [2.05, 4.69) is 10.2 Å². The number of hydrogen-bond acceptors (Lipinski definition) is 6. The molecule has 1 aliphatic heterocycles. The summed E-state index contributed by atoms with van der Waals surface area (Å²) in [6.07, 6.45) is 2.87. The number of anilines is 2. The zero-order chi connectivity index (χ0) is 25.5. The summed E-state index contributed by atoms with van der Waals surface area (Å²) in [5, 5.41) is 13.7. The lowest BCUT2D eigenvalue weighted by Crippen LogP contribution is -2.48. The number of ether oxygens (including phenoxy) is 1. The number of amides is 2. The third-order valence-electron chi connectivity index (χ3n) is 5.91. The highest BCUT2D eigenvalue weighted by Gasteiger charge is 2.22. The average molecular weight is 487 g/mol. The Balaban J connectivity index is 1.29. The number of nitrogens with one attached hydrogen (secondary N) is 1. The molecule has 3 aromatic rings. The number of methoxy groups -OCH3 is 1. The molecule has 0 radical (unpaired) electrons. The maximum Gasteiger partial charge on any atom is 0.270 e. The van der Waals surface area contributed by atoms with Gasteiger partial charge in [-0.2, -0.15) is 0 Å². The molecule has 1 aliphatic rings. The van der Waals surface area contributed by atoms with E-state index in [-0.39, 0.29) is 17.5 Å². The zero-order valence-electron chi connectivity index (χ0n) is 19.8. The van der Waals surface area contributed by atoms with Gasteiger partial charge in [0.1, 0.15) is 5.75 Å². The molecule has 36 heavy (non-hydrogen) atoms. The fourth-order valence-electron chi connectivity index (χ4n) is 3.94. The van der Waals surface area contributed by atoms with E-state index < -0.39 is 4.92 Å². The number of non-ortho nitro benzene ring substituents is 1. The molecule has 0 spiro atoms. The number of nitrogens with zero attached hydrogens (tertiary/aromatic N) is 3. The van der Waals surface area contributed by atoms with Crippen LogP contribution in [0.1, 0.15) is 15.9 Å². The Labute approximate surface area is 208 Å². The Bertz CT molecular complexity index is 1260. The van der Waals surface area contributed by atoms with E-state index in [1.54, 1.807) is 43.5 Å². The Morgan fingerprint density at radius 1 is 0.972 bits per heavy atom. The van der Waals surface area contributed by atoms with Crippen molar-refractivity contribution in [2.24, 2.45) is 0 Å². The van der Waals surface area contributed by atoms with Gasteiger partial charge < -0.3 is 19.9 Å². The SMILES string of the molecule is COc1ccc(C(=O)N2CCN(c3ccc(NC(=O)/C=C/c4cccc([N+](=O)[O-])c4)cc3)CC2)cc1. The zero-order valence-corrected chi connectivity index (χ0v) is 19.8. The van der Waals surface area contributed by atoms with Crippen LogP contribution >= 0.6 is 0 Å². The van der Waals surface area contributed by atoms with Crippen LogP contribution in [-0.4, -0.2) is 54.9 Å². The summed E-state index contributed by atoms with van der Waals surface area (Å²) in [5.41, 5.74) is 2.83. The number of carbonyl (C=O) groups excluding carboxylic acids is 2. The molecule has 3 aromatic carbocycles. The van der Waals surface area contributed by atoms with Crippen molar-refractivity contribution in [3.05, 3.63) is 100 Å². The molecule has 0 aliphatic carbocycles. The molecule has 1 fully saturated rings. The molecule has 1 saturated heterocycles. The highest BCUT2D eigenvalue weighted by atomic mass is 16.6. The summed E-state index contributed by atoms with van der Waals surface area (Å²) in [5.74, 6) is 0.392. The second-order valence-electron chi connectivity index (χ2n) is 8.23. The van der Waals surface area contributed by atoms with Gasteiger partial charge in [0, 0.05) is 61.3 Å². The van der Waals surface area contributed by atoms with Gasteiger partial charge in [-0.05, 0) is 60.2 Å². The van der Waals surface area contributed by atoms with Crippen LogP contribution in [0.4, 0.5) is 17.1 Å². The van der Waals surface area contributed by atoms with Crippen LogP contribution in [0.3, 0.4) is 0 Å². The number of hydrogen-bond donors (Lipinski definition) is 1. The highest BCUT2D eigenvalue weighted by Crippen LogP contribution is 2.21. The predicted molar refractivity (Wildman–Crippen MR) is 138 cm³/mol. The highest BCUT2D eigenvalue weighted by molar-refractivity contribution is 6.02. The van der Waals surface area contributed by atoms with E-state index in [9.17, 15) is 19.7 Å². The monoisotopic (exact) mass is 486 g/mol. The van der Waals surface area contributed by atoms with Crippen molar-refractivity contribution in [2.75, 3.05) is 43.5 Å². The van der Waals surface area contributed by atoms with Gasteiger partial charge in [0.05, 0.1) is 12.0 Å². The van der Waals surface area contributed by atoms with Gasteiger partial charge in [-0.1, -0.05) is 12.1 Å². The first-order chi connectivity index (χ1) is 17.4. The predicted octanol–water partition coefficient (Wildman–Crippen LogP) is 4.22. The molecule has 0 unspecified atom stereocenters. The third-order valence-corrected chi connectivity index (χ3v) is 5.91. The Morgan fingerprint density at radius 3 is 2.31 bits per heavy atom. The molecular weight excluding hydrogens is 460 g/mol. The number of rotatable bonds is 7. The smallest absolute Gasteiger partial charge is 0.270 e. The van der Waals surface area contributed by atoms with E-state index in [0.717, 1.165) is 11.4 Å². The Hall–Kier alpha value is -4.66. The van der Waals surface area contributed by atoms with Crippen LogP contribution in [0.2, 0.25) is 0 Å². The van der Waals surface area contributed by atoms with Crippen molar-refractivity contribution < 1.29 is 19.2 Å². The Morgan fingerprint density at radius 2 is 1.67 bits per heavy atom. The molecule has 0 saturated carbocycles. The van der Waals surface area contributed by atoms with Crippen molar-refractivity contribution in [2.45, 2.75) is 0 Å².